The molecule has 3 aromatic rings. The van der Waals surface area contributed by atoms with Crippen LogP contribution in [-0.4, -0.2) is 11.1 Å². The van der Waals surface area contributed by atoms with Crippen LogP contribution in [0.1, 0.15) is 42.9 Å². The van der Waals surface area contributed by atoms with Crippen molar-refractivity contribution in [3.05, 3.63) is 89.2 Å². The summed E-state index contributed by atoms with van der Waals surface area (Å²) >= 11 is 0. The Labute approximate surface area is 175 Å². The molecular weight excluding hydrogens is 383 g/mol. The molecule has 0 aliphatic rings. The highest BCUT2D eigenvalue weighted by atomic mass is 19.1. The van der Waals surface area contributed by atoms with Crippen LogP contribution in [0.4, 0.5) is 4.39 Å². The third-order valence-electron chi connectivity index (χ3n) is 4.73. The summed E-state index contributed by atoms with van der Waals surface area (Å²) in [5.41, 5.74) is 2.60. The summed E-state index contributed by atoms with van der Waals surface area (Å²) < 4.78 is 26.1. The van der Waals surface area contributed by atoms with Crippen LogP contribution in [-0.2, 0) is 17.8 Å². The summed E-state index contributed by atoms with van der Waals surface area (Å²) in [6.07, 6.45) is 0.237. The molecular formula is C25H25FO4. The van der Waals surface area contributed by atoms with E-state index in [-0.39, 0.29) is 25.2 Å². The number of hydrogen-bond donors (Lipinski definition) is 1. The SMILES string of the molecule is CC(C)c1cccc(Oc2ccccc2COc2ccc(CCC(=O)O)cc2F)c1. The average Bonchev–Trinajstić information content (AvgIpc) is 2.72. The van der Waals surface area contributed by atoms with Crippen molar-refractivity contribution in [1.82, 2.24) is 0 Å². The van der Waals surface area contributed by atoms with Gasteiger partial charge in [-0.05, 0) is 53.8 Å². The second-order valence-corrected chi connectivity index (χ2v) is 7.38. The predicted octanol–water partition coefficient (Wildman–Crippen LogP) is 6.34. The van der Waals surface area contributed by atoms with Crippen LogP contribution >= 0.6 is 0 Å². The lowest BCUT2D eigenvalue weighted by atomic mass is 10.0. The number of aliphatic carboxylic acids is 1. The summed E-state index contributed by atoms with van der Waals surface area (Å²) in [5.74, 6) is 0.478. The maximum absolute atomic E-state index is 14.3. The number of aryl methyl sites for hydroxylation is 1. The Morgan fingerprint density at radius 1 is 1.00 bits per heavy atom. The number of carboxylic acid groups (broad SMARTS) is 1. The van der Waals surface area contributed by atoms with Crippen molar-refractivity contribution < 1.29 is 23.8 Å². The molecule has 3 aromatic carbocycles. The standard InChI is InChI=1S/C25H25FO4/c1-17(2)19-7-5-8-21(15-19)30-23-9-4-3-6-20(23)16-29-24-12-10-18(14-22(24)26)11-13-25(27)28/h3-10,12,14-15,17H,11,13,16H2,1-2H3,(H,27,28). The first-order valence-electron chi connectivity index (χ1n) is 9.91. The molecule has 0 spiro atoms. The molecule has 0 aromatic heterocycles. The van der Waals surface area contributed by atoms with E-state index in [1.807, 2.05) is 42.5 Å². The Kier molecular flexibility index (Phi) is 7.07. The number of halogens is 1. The van der Waals surface area contributed by atoms with Crippen LogP contribution in [0, 0.1) is 5.82 Å². The zero-order valence-electron chi connectivity index (χ0n) is 17.1. The molecule has 4 nitrogen and oxygen atoms in total. The summed E-state index contributed by atoms with van der Waals surface area (Å²) in [4.78, 5) is 10.7. The molecule has 0 heterocycles. The maximum atomic E-state index is 14.3. The third kappa shape index (κ3) is 5.83. The van der Waals surface area contributed by atoms with Gasteiger partial charge in [-0.3, -0.25) is 4.79 Å². The second kappa shape index (κ2) is 9.92. The van der Waals surface area contributed by atoms with E-state index in [1.165, 1.54) is 17.7 Å². The van der Waals surface area contributed by atoms with Gasteiger partial charge in [0.1, 0.15) is 18.1 Å². The Hall–Kier alpha value is -3.34. The molecule has 0 bridgehead atoms. The molecule has 30 heavy (non-hydrogen) atoms. The van der Waals surface area contributed by atoms with Crippen molar-refractivity contribution >= 4 is 5.97 Å². The lowest BCUT2D eigenvalue weighted by molar-refractivity contribution is -0.136. The first-order valence-corrected chi connectivity index (χ1v) is 9.91. The molecule has 0 aliphatic heterocycles. The normalized spacial score (nSPS) is 10.8. The fourth-order valence-electron chi connectivity index (χ4n) is 3.01. The van der Waals surface area contributed by atoms with Crippen molar-refractivity contribution in [2.24, 2.45) is 0 Å². The lowest BCUT2D eigenvalue weighted by Gasteiger charge is -2.14. The van der Waals surface area contributed by atoms with Crippen LogP contribution in [0.5, 0.6) is 17.2 Å². The van der Waals surface area contributed by atoms with E-state index in [0.717, 1.165) is 11.3 Å². The van der Waals surface area contributed by atoms with Gasteiger partial charge in [0.15, 0.2) is 11.6 Å². The van der Waals surface area contributed by atoms with Crippen molar-refractivity contribution in [2.75, 3.05) is 0 Å². The zero-order chi connectivity index (χ0) is 21.5. The van der Waals surface area contributed by atoms with Gasteiger partial charge in [0.25, 0.3) is 0 Å². The molecule has 0 amide bonds. The average molecular weight is 408 g/mol. The largest absolute Gasteiger partial charge is 0.486 e. The van der Waals surface area contributed by atoms with Gasteiger partial charge in [0.2, 0.25) is 0 Å². The predicted molar refractivity (Wildman–Crippen MR) is 114 cm³/mol. The van der Waals surface area contributed by atoms with E-state index in [1.54, 1.807) is 6.07 Å². The summed E-state index contributed by atoms with van der Waals surface area (Å²) in [6.45, 7) is 4.40. The second-order valence-electron chi connectivity index (χ2n) is 7.38. The summed E-state index contributed by atoms with van der Waals surface area (Å²) in [5, 5.41) is 8.75. The molecule has 0 saturated carbocycles. The van der Waals surface area contributed by atoms with Gasteiger partial charge < -0.3 is 14.6 Å². The zero-order valence-corrected chi connectivity index (χ0v) is 17.1. The van der Waals surface area contributed by atoms with Gasteiger partial charge in [-0.2, -0.15) is 0 Å². The van der Waals surface area contributed by atoms with Gasteiger partial charge in [-0.1, -0.05) is 50.2 Å². The minimum atomic E-state index is -0.911. The number of carboxylic acids is 1. The number of rotatable bonds is 9. The van der Waals surface area contributed by atoms with Crippen LogP contribution < -0.4 is 9.47 Å². The molecule has 0 unspecified atom stereocenters. The highest BCUT2D eigenvalue weighted by Gasteiger charge is 2.10. The minimum absolute atomic E-state index is 0.0393. The van der Waals surface area contributed by atoms with E-state index < -0.39 is 11.8 Å². The van der Waals surface area contributed by atoms with Gasteiger partial charge in [-0.15, -0.1) is 0 Å². The molecule has 3 rings (SSSR count). The number of ether oxygens (including phenoxy) is 2. The van der Waals surface area contributed by atoms with E-state index in [2.05, 4.69) is 19.9 Å². The minimum Gasteiger partial charge on any atom is -0.486 e. The van der Waals surface area contributed by atoms with E-state index in [4.69, 9.17) is 14.6 Å². The van der Waals surface area contributed by atoms with Gasteiger partial charge >= 0.3 is 5.97 Å². The number of carbonyl (C=O) groups is 1. The van der Waals surface area contributed by atoms with E-state index in [9.17, 15) is 9.18 Å². The van der Waals surface area contributed by atoms with Gasteiger partial charge in [0, 0.05) is 12.0 Å². The van der Waals surface area contributed by atoms with Crippen LogP contribution in [0.2, 0.25) is 0 Å². The Bertz CT molecular complexity index is 1010. The highest BCUT2D eigenvalue weighted by molar-refractivity contribution is 5.67. The molecule has 0 fully saturated rings. The van der Waals surface area contributed by atoms with E-state index >= 15 is 0 Å². The van der Waals surface area contributed by atoms with Crippen LogP contribution in [0.25, 0.3) is 0 Å². The molecule has 5 heteroatoms. The summed E-state index contributed by atoms with van der Waals surface area (Å²) in [7, 11) is 0. The Morgan fingerprint density at radius 3 is 2.53 bits per heavy atom. The van der Waals surface area contributed by atoms with Crippen molar-refractivity contribution in [3.63, 3.8) is 0 Å². The lowest BCUT2D eigenvalue weighted by Crippen LogP contribution is -2.01. The van der Waals surface area contributed by atoms with Crippen molar-refractivity contribution in [3.8, 4) is 17.2 Å². The fraction of sp³-hybridized carbons (Fsp3) is 0.240. The molecule has 0 radical (unpaired) electrons. The maximum Gasteiger partial charge on any atom is 0.303 e. The molecule has 1 N–H and O–H groups in total. The van der Waals surface area contributed by atoms with Gasteiger partial charge in [-0.25, -0.2) is 4.39 Å². The van der Waals surface area contributed by atoms with Crippen LogP contribution in [0.15, 0.2) is 66.7 Å². The quantitative estimate of drug-likeness (QED) is 0.449. The highest BCUT2D eigenvalue weighted by Crippen LogP contribution is 2.29. The van der Waals surface area contributed by atoms with Crippen LogP contribution in [0.3, 0.4) is 0 Å². The topological polar surface area (TPSA) is 55.8 Å². The first-order chi connectivity index (χ1) is 14.4. The van der Waals surface area contributed by atoms with Crippen molar-refractivity contribution in [1.29, 1.82) is 0 Å². The molecule has 156 valence electrons. The fourth-order valence-corrected chi connectivity index (χ4v) is 3.01. The first kappa shape index (κ1) is 21.4. The Balaban J connectivity index is 1.70. The number of para-hydroxylation sites is 1. The van der Waals surface area contributed by atoms with Gasteiger partial charge in [0.05, 0.1) is 0 Å². The Morgan fingerprint density at radius 2 is 1.80 bits per heavy atom. The molecule has 0 atom stereocenters. The third-order valence-corrected chi connectivity index (χ3v) is 4.73. The molecule has 0 saturated heterocycles. The van der Waals surface area contributed by atoms with E-state index in [0.29, 0.717) is 17.2 Å². The summed E-state index contributed by atoms with van der Waals surface area (Å²) in [6, 6.07) is 20.0. The monoisotopic (exact) mass is 408 g/mol. The molecule has 0 aliphatic carbocycles. The number of hydrogen-bond acceptors (Lipinski definition) is 3. The van der Waals surface area contributed by atoms with Crippen molar-refractivity contribution in [2.45, 2.75) is 39.2 Å². The number of benzene rings is 3. The smallest absolute Gasteiger partial charge is 0.303 e.